The maximum absolute atomic E-state index is 13.6. The van der Waals surface area contributed by atoms with Gasteiger partial charge in [0.2, 0.25) is 0 Å². The summed E-state index contributed by atoms with van der Waals surface area (Å²) in [5.41, 5.74) is 2.10. The Morgan fingerprint density at radius 2 is 1.91 bits per heavy atom. The average molecular weight is 454 g/mol. The van der Waals surface area contributed by atoms with Gasteiger partial charge in [-0.05, 0) is 33.3 Å². The van der Waals surface area contributed by atoms with Crippen molar-refractivity contribution in [2.45, 2.75) is 71.1 Å². The lowest BCUT2D eigenvalue weighted by Gasteiger charge is -2.36. The molecule has 4 heterocycles. The Morgan fingerprint density at radius 1 is 1.18 bits per heavy atom. The number of benzene rings is 1. The number of fused-ring (bicyclic) bond motifs is 2. The van der Waals surface area contributed by atoms with E-state index in [9.17, 15) is 9.59 Å². The third-order valence-electron chi connectivity index (χ3n) is 6.50. The van der Waals surface area contributed by atoms with Gasteiger partial charge < -0.3 is 14.4 Å². The summed E-state index contributed by atoms with van der Waals surface area (Å²) in [6, 6.07) is 9.79. The normalized spacial score (nSPS) is 24.8. The van der Waals surface area contributed by atoms with Crippen LogP contribution in [0.2, 0.25) is 0 Å². The number of urea groups is 1. The number of carbonyl (C=O) groups is 2. The van der Waals surface area contributed by atoms with E-state index < -0.39 is 5.60 Å². The van der Waals surface area contributed by atoms with E-state index in [-0.39, 0.29) is 30.2 Å². The van der Waals surface area contributed by atoms with E-state index in [1.165, 1.54) is 0 Å². The molecule has 0 saturated carbocycles. The van der Waals surface area contributed by atoms with E-state index in [2.05, 4.69) is 5.10 Å². The minimum atomic E-state index is -0.575. The van der Waals surface area contributed by atoms with E-state index >= 15 is 0 Å². The third kappa shape index (κ3) is 3.94. The minimum absolute atomic E-state index is 0.0160. The van der Waals surface area contributed by atoms with Gasteiger partial charge in [0.15, 0.2) is 0 Å². The van der Waals surface area contributed by atoms with E-state index in [0.29, 0.717) is 32.8 Å². The smallest absolute Gasteiger partial charge is 0.410 e. The summed E-state index contributed by atoms with van der Waals surface area (Å²) < 4.78 is 13.3. The predicted molar refractivity (Wildman–Crippen MR) is 122 cm³/mol. The number of rotatable bonds is 3. The van der Waals surface area contributed by atoms with Crippen molar-refractivity contribution < 1.29 is 19.1 Å². The third-order valence-corrected chi connectivity index (χ3v) is 6.50. The lowest BCUT2D eigenvalue weighted by molar-refractivity contribution is 0.00913. The summed E-state index contributed by atoms with van der Waals surface area (Å²) in [4.78, 5) is 31.9. The van der Waals surface area contributed by atoms with Crippen molar-refractivity contribution in [1.82, 2.24) is 19.6 Å². The van der Waals surface area contributed by atoms with Gasteiger partial charge in [0.05, 0.1) is 62.0 Å². The van der Waals surface area contributed by atoms with Crippen LogP contribution in [0.5, 0.6) is 0 Å². The van der Waals surface area contributed by atoms with Crippen molar-refractivity contribution in [1.29, 1.82) is 0 Å². The number of aromatic nitrogens is 2. The predicted octanol–water partition coefficient (Wildman–Crippen LogP) is 3.23. The molecular formula is C24H31N5O4. The van der Waals surface area contributed by atoms with Gasteiger partial charge in [0.25, 0.3) is 0 Å². The number of anilines is 1. The number of hydrogen-bond acceptors (Lipinski definition) is 5. The molecule has 0 radical (unpaired) electrons. The van der Waals surface area contributed by atoms with Crippen LogP contribution in [0.15, 0.2) is 36.5 Å². The summed E-state index contributed by atoms with van der Waals surface area (Å²) in [5, 5.41) is 4.56. The van der Waals surface area contributed by atoms with E-state index in [0.717, 1.165) is 16.9 Å². The maximum Gasteiger partial charge on any atom is 0.410 e. The summed E-state index contributed by atoms with van der Waals surface area (Å²) in [6.45, 7) is 9.99. The molecule has 176 valence electrons. The molecular weight excluding hydrogens is 422 g/mol. The first-order chi connectivity index (χ1) is 15.7. The van der Waals surface area contributed by atoms with Gasteiger partial charge in [-0.3, -0.25) is 14.5 Å². The monoisotopic (exact) mass is 453 g/mol. The zero-order valence-corrected chi connectivity index (χ0v) is 19.6. The zero-order chi connectivity index (χ0) is 23.3. The van der Waals surface area contributed by atoms with Crippen molar-refractivity contribution in [2.24, 2.45) is 0 Å². The lowest BCUT2D eigenvalue weighted by atomic mass is 10.1. The topological polar surface area (TPSA) is 80.1 Å². The van der Waals surface area contributed by atoms with Crippen molar-refractivity contribution in [3.8, 4) is 0 Å². The summed E-state index contributed by atoms with van der Waals surface area (Å²) >= 11 is 0. The highest BCUT2D eigenvalue weighted by Gasteiger charge is 2.51. The molecule has 0 aliphatic carbocycles. The van der Waals surface area contributed by atoms with Gasteiger partial charge in [-0.25, -0.2) is 9.59 Å². The number of hydrogen-bond donors (Lipinski definition) is 0. The van der Waals surface area contributed by atoms with Crippen LogP contribution in [-0.4, -0.2) is 68.6 Å². The van der Waals surface area contributed by atoms with Crippen LogP contribution in [-0.2, 0) is 29.1 Å². The van der Waals surface area contributed by atoms with Gasteiger partial charge in [0, 0.05) is 6.54 Å². The van der Waals surface area contributed by atoms with Crippen molar-refractivity contribution in [3.05, 3.63) is 47.8 Å². The quantitative estimate of drug-likeness (QED) is 0.713. The van der Waals surface area contributed by atoms with Crippen molar-refractivity contribution >= 4 is 17.8 Å². The maximum atomic E-state index is 13.6. The molecule has 5 rings (SSSR count). The Kier molecular flexibility index (Phi) is 5.31. The molecule has 0 spiro atoms. The highest BCUT2D eigenvalue weighted by atomic mass is 16.6. The van der Waals surface area contributed by atoms with Crippen LogP contribution in [0.25, 0.3) is 0 Å². The summed E-state index contributed by atoms with van der Waals surface area (Å²) in [6.07, 6.45) is 1.40. The molecule has 2 aromatic rings. The molecule has 9 heteroatoms. The molecule has 3 aliphatic heterocycles. The molecule has 2 saturated heterocycles. The fourth-order valence-electron chi connectivity index (χ4n) is 4.90. The molecule has 1 aromatic heterocycles. The lowest BCUT2D eigenvalue weighted by Crippen LogP contribution is -2.47. The Morgan fingerprint density at radius 3 is 2.64 bits per heavy atom. The largest absolute Gasteiger partial charge is 0.444 e. The van der Waals surface area contributed by atoms with Crippen LogP contribution < -0.4 is 4.90 Å². The van der Waals surface area contributed by atoms with E-state index in [1.807, 2.05) is 72.5 Å². The second-order valence-electron chi connectivity index (χ2n) is 10.1. The molecule has 3 atom stereocenters. The number of nitrogens with zero attached hydrogens (tertiary/aromatic N) is 5. The molecule has 3 amide bonds. The van der Waals surface area contributed by atoms with E-state index in [4.69, 9.17) is 9.47 Å². The zero-order valence-electron chi connectivity index (χ0n) is 19.6. The highest BCUT2D eigenvalue weighted by molar-refractivity contribution is 5.96. The molecule has 0 N–H and O–H groups in total. The van der Waals surface area contributed by atoms with Crippen molar-refractivity contribution in [3.63, 3.8) is 0 Å². The Hall–Kier alpha value is -3.07. The average Bonchev–Trinajstić information content (AvgIpc) is 3.43. The van der Waals surface area contributed by atoms with Crippen LogP contribution in [0.1, 0.15) is 39.0 Å². The van der Waals surface area contributed by atoms with Gasteiger partial charge in [-0.1, -0.05) is 30.3 Å². The fraction of sp³-hybridized carbons (Fsp3) is 0.542. The first-order valence-electron chi connectivity index (χ1n) is 11.5. The molecule has 3 aliphatic rings. The molecule has 2 unspecified atom stereocenters. The molecule has 2 fully saturated rings. The van der Waals surface area contributed by atoms with Gasteiger partial charge in [-0.15, -0.1) is 0 Å². The molecule has 33 heavy (non-hydrogen) atoms. The second kappa shape index (κ2) is 8.06. The SMILES string of the molecule is C[C@H]1Cn2ncc(N3C(=O)N(Cc4ccccc4)C4COCC43)c2CN1C(=O)OC(C)(C)C. The number of amides is 3. The van der Waals surface area contributed by atoms with Gasteiger partial charge in [-0.2, -0.15) is 5.10 Å². The number of carbonyl (C=O) groups excluding carboxylic acids is 2. The second-order valence-corrected chi connectivity index (χ2v) is 10.1. The fourth-order valence-corrected chi connectivity index (χ4v) is 4.90. The Labute approximate surface area is 193 Å². The summed E-state index contributed by atoms with van der Waals surface area (Å²) in [7, 11) is 0. The molecule has 1 aromatic carbocycles. The van der Waals surface area contributed by atoms with Crippen LogP contribution >= 0.6 is 0 Å². The van der Waals surface area contributed by atoms with Gasteiger partial charge in [0.1, 0.15) is 5.60 Å². The number of ether oxygens (including phenoxy) is 2. The molecule has 9 nitrogen and oxygen atoms in total. The highest BCUT2D eigenvalue weighted by Crippen LogP contribution is 2.37. The van der Waals surface area contributed by atoms with Crippen LogP contribution in [0.4, 0.5) is 15.3 Å². The summed E-state index contributed by atoms with van der Waals surface area (Å²) in [5.74, 6) is 0. The van der Waals surface area contributed by atoms with Gasteiger partial charge >= 0.3 is 12.1 Å². The first kappa shape index (κ1) is 21.8. The Bertz CT molecular complexity index is 1050. The standard InChI is InChI=1S/C24H31N5O4/c1-16-11-28-19(13-26(16)23(31)33-24(2,3)4)18(10-25-28)29-21-15-32-14-20(21)27(22(29)30)12-17-8-6-5-7-9-17/h5-10,16,20-21H,11-15H2,1-4H3/t16-,20?,21?/m0/s1. The minimum Gasteiger partial charge on any atom is -0.444 e. The van der Waals surface area contributed by atoms with Crippen LogP contribution in [0, 0.1) is 0 Å². The van der Waals surface area contributed by atoms with Crippen molar-refractivity contribution in [2.75, 3.05) is 18.1 Å². The Balaban J connectivity index is 1.43. The molecule has 0 bridgehead atoms. The van der Waals surface area contributed by atoms with E-state index in [1.54, 1.807) is 11.1 Å². The van der Waals surface area contributed by atoms with Crippen LogP contribution in [0.3, 0.4) is 0 Å². The first-order valence-corrected chi connectivity index (χ1v) is 11.5.